The van der Waals surface area contributed by atoms with Crippen LogP contribution in [0.1, 0.15) is 5.56 Å². The lowest BCUT2D eigenvalue weighted by molar-refractivity contribution is -0.384. The highest BCUT2D eigenvalue weighted by Crippen LogP contribution is 2.38. The Kier molecular flexibility index (Phi) is 4.84. The second kappa shape index (κ2) is 7.24. The average molecular weight is 368 g/mol. The molecule has 0 radical (unpaired) electrons. The van der Waals surface area contributed by atoms with Gasteiger partial charge >= 0.3 is 5.91 Å². The highest BCUT2D eigenvalue weighted by Gasteiger charge is 2.15. The number of non-ortho nitro benzene ring substituents is 1. The lowest BCUT2D eigenvalue weighted by Gasteiger charge is -2.02. The zero-order valence-corrected chi connectivity index (χ0v) is 14.6. The van der Waals surface area contributed by atoms with Gasteiger partial charge in [-0.2, -0.15) is 0 Å². The van der Waals surface area contributed by atoms with Crippen LogP contribution < -0.4 is 4.74 Å². The number of fused-ring (bicyclic) bond motifs is 1. The van der Waals surface area contributed by atoms with Crippen molar-refractivity contribution >= 4 is 28.2 Å². The quantitative estimate of drug-likeness (QED) is 0.417. The number of aromatic nitrogens is 1. The van der Waals surface area contributed by atoms with Crippen LogP contribution in [0, 0.1) is 17.0 Å². The van der Waals surface area contributed by atoms with Crippen molar-refractivity contribution in [1.82, 2.24) is 4.57 Å². The van der Waals surface area contributed by atoms with Crippen LogP contribution in [-0.2, 0) is 11.8 Å². The van der Waals surface area contributed by atoms with Crippen LogP contribution in [0.2, 0.25) is 0 Å². The van der Waals surface area contributed by atoms with E-state index in [2.05, 4.69) is 10.2 Å². The van der Waals surface area contributed by atoms with Crippen molar-refractivity contribution in [3.63, 3.8) is 0 Å². The lowest BCUT2D eigenvalue weighted by atomic mass is 10.1. The third-order valence-corrected chi connectivity index (χ3v) is 3.97. The molecule has 1 amide bonds. The zero-order valence-electron chi connectivity index (χ0n) is 14.6. The van der Waals surface area contributed by atoms with Gasteiger partial charge in [-0.05, 0) is 31.2 Å². The number of aryl methyl sites for hydroxylation is 2. The van der Waals surface area contributed by atoms with E-state index in [9.17, 15) is 20.0 Å². The van der Waals surface area contributed by atoms with E-state index < -0.39 is 10.8 Å². The number of nitro groups is 1. The van der Waals surface area contributed by atoms with Gasteiger partial charge in [-0.25, -0.2) is 0 Å². The van der Waals surface area contributed by atoms with E-state index in [1.807, 2.05) is 25.1 Å². The fraction of sp³-hybridized carbons (Fsp3) is 0.167. The van der Waals surface area contributed by atoms with E-state index >= 15 is 0 Å². The molecule has 0 unspecified atom stereocenters. The maximum absolute atomic E-state index is 11.9. The number of benzene rings is 2. The molecule has 9 heteroatoms. The number of amides is 1. The summed E-state index contributed by atoms with van der Waals surface area (Å²) >= 11 is 0. The van der Waals surface area contributed by atoms with Gasteiger partial charge in [0, 0.05) is 24.6 Å². The van der Waals surface area contributed by atoms with Crippen molar-refractivity contribution in [1.29, 1.82) is 0 Å². The maximum atomic E-state index is 11.9. The van der Waals surface area contributed by atoms with Crippen molar-refractivity contribution in [2.75, 3.05) is 6.61 Å². The number of nitro benzene ring substituents is 1. The molecule has 1 heterocycles. The highest BCUT2D eigenvalue weighted by atomic mass is 16.6. The maximum Gasteiger partial charge on any atom is 0.302 e. The van der Waals surface area contributed by atoms with Gasteiger partial charge in [0.05, 0.1) is 10.4 Å². The fourth-order valence-corrected chi connectivity index (χ4v) is 2.57. The molecular formula is C18H16N4O5. The Bertz CT molecular complexity index is 1050. The van der Waals surface area contributed by atoms with Crippen LogP contribution in [0.4, 0.5) is 11.4 Å². The number of azo groups is 1. The molecule has 3 aromatic rings. The summed E-state index contributed by atoms with van der Waals surface area (Å²) in [6.07, 6.45) is 0. The van der Waals surface area contributed by atoms with Gasteiger partial charge in [0.1, 0.15) is 5.75 Å². The minimum atomic E-state index is -0.655. The predicted octanol–water partition coefficient (Wildman–Crippen LogP) is 3.79. The van der Waals surface area contributed by atoms with Crippen molar-refractivity contribution in [2.24, 2.45) is 17.3 Å². The fourth-order valence-electron chi connectivity index (χ4n) is 2.57. The Morgan fingerprint density at radius 3 is 2.63 bits per heavy atom. The molecule has 0 bridgehead atoms. The second-order valence-electron chi connectivity index (χ2n) is 5.89. The number of hydrogen-bond acceptors (Lipinski definition) is 6. The summed E-state index contributed by atoms with van der Waals surface area (Å²) in [5.41, 5.74) is 1.88. The van der Waals surface area contributed by atoms with Gasteiger partial charge in [-0.3, -0.25) is 14.9 Å². The molecule has 1 N–H and O–H groups in total. The molecule has 0 saturated heterocycles. The molecule has 0 saturated carbocycles. The summed E-state index contributed by atoms with van der Waals surface area (Å²) in [6, 6.07) is 10.9. The van der Waals surface area contributed by atoms with Crippen LogP contribution in [0.15, 0.2) is 52.7 Å². The molecule has 0 aliphatic rings. The van der Waals surface area contributed by atoms with Crippen molar-refractivity contribution < 1.29 is 19.6 Å². The van der Waals surface area contributed by atoms with E-state index in [4.69, 9.17) is 4.74 Å². The zero-order chi connectivity index (χ0) is 19.6. The van der Waals surface area contributed by atoms with Gasteiger partial charge in [0.25, 0.3) is 5.69 Å². The van der Waals surface area contributed by atoms with E-state index in [1.54, 1.807) is 11.6 Å². The first-order valence-corrected chi connectivity index (χ1v) is 7.96. The van der Waals surface area contributed by atoms with E-state index in [0.717, 1.165) is 11.1 Å². The Hall–Kier alpha value is -3.75. The molecule has 0 aliphatic carbocycles. The van der Waals surface area contributed by atoms with Crippen molar-refractivity contribution in [3.05, 3.63) is 58.1 Å². The first kappa shape index (κ1) is 18.1. The number of carbonyl (C=O) groups is 1. The van der Waals surface area contributed by atoms with E-state index in [-0.39, 0.29) is 23.9 Å². The Morgan fingerprint density at radius 1 is 1.26 bits per heavy atom. The predicted molar refractivity (Wildman–Crippen MR) is 97.4 cm³/mol. The molecule has 138 valence electrons. The minimum absolute atomic E-state index is 0.0740. The van der Waals surface area contributed by atoms with E-state index in [0.29, 0.717) is 11.1 Å². The number of rotatable bonds is 5. The monoisotopic (exact) mass is 368 g/mol. The molecule has 0 spiro atoms. The van der Waals surface area contributed by atoms with Crippen molar-refractivity contribution in [2.45, 2.75) is 6.92 Å². The van der Waals surface area contributed by atoms with Gasteiger partial charge < -0.3 is 14.4 Å². The molecule has 3 rings (SSSR count). The lowest BCUT2D eigenvalue weighted by Crippen LogP contribution is -2.07. The number of nitrogens with zero attached hydrogens (tertiary/aromatic N) is 4. The van der Waals surface area contributed by atoms with Crippen molar-refractivity contribution in [3.8, 4) is 11.6 Å². The first-order chi connectivity index (χ1) is 12.9. The summed E-state index contributed by atoms with van der Waals surface area (Å²) in [4.78, 5) is 22.0. The normalized spacial score (nSPS) is 11.2. The topological polar surface area (TPSA) is 119 Å². The largest absolute Gasteiger partial charge is 0.493 e. The van der Waals surface area contributed by atoms with Crippen LogP contribution in [0.3, 0.4) is 0 Å². The highest BCUT2D eigenvalue weighted by molar-refractivity contribution is 5.95. The Morgan fingerprint density at radius 2 is 1.96 bits per heavy atom. The SMILES string of the molecule is Cc1ccc2c(c1)c(N=NC(=O)COc1ccc([N+](=O)[O-])cc1)c(O)n2C. The summed E-state index contributed by atoms with van der Waals surface area (Å²) in [7, 11) is 1.69. The third-order valence-electron chi connectivity index (χ3n) is 3.97. The molecule has 1 aromatic heterocycles. The van der Waals surface area contributed by atoms with Crippen LogP contribution >= 0.6 is 0 Å². The first-order valence-electron chi connectivity index (χ1n) is 7.96. The second-order valence-corrected chi connectivity index (χ2v) is 5.89. The van der Waals surface area contributed by atoms with Gasteiger partial charge in [0.2, 0.25) is 5.88 Å². The Labute approximate surface area is 153 Å². The summed E-state index contributed by atoms with van der Waals surface area (Å²) in [6.45, 7) is 1.53. The summed E-state index contributed by atoms with van der Waals surface area (Å²) in [5.74, 6) is -0.450. The molecule has 9 nitrogen and oxygen atoms in total. The van der Waals surface area contributed by atoms with Crippen LogP contribution in [0.25, 0.3) is 10.9 Å². The van der Waals surface area contributed by atoms with Gasteiger partial charge in [-0.15, -0.1) is 10.2 Å². The third kappa shape index (κ3) is 3.76. The number of ether oxygens (including phenoxy) is 1. The number of carbonyl (C=O) groups excluding carboxylic acids is 1. The van der Waals surface area contributed by atoms with Gasteiger partial charge in [-0.1, -0.05) is 11.6 Å². The molecular weight excluding hydrogens is 352 g/mol. The van der Waals surface area contributed by atoms with Gasteiger partial charge in [0.15, 0.2) is 12.3 Å². The average Bonchev–Trinajstić information content (AvgIpc) is 2.88. The molecule has 0 fully saturated rings. The standard InChI is InChI=1S/C18H16N4O5/c1-11-3-8-15-14(9-11)17(18(24)21(15)2)20-19-16(23)10-27-13-6-4-12(5-7-13)22(25)26/h3-9,24H,10H2,1-2H3. The molecule has 0 aliphatic heterocycles. The summed E-state index contributed by atoms with van der Waals surface area (Å²) < 4.78 is 6.80. The van der Waals surface area contributed by atoms with E-state index in [1.165, 1.54) is 24.3 Å². The van der Waals surface area contributed by atoms with Crippen LogP contribution in [-0.4, -0.2) is 27.1 Å². The molecule has 2 aromatic carbocycles. The smallest absolute Gasteiger partial charge is 0.302 e. The molecule has 27 heavy (non-hydrogen) atoms. The number of hydrogen-bond donors (Lipinski definition) is 1. The number of aromatic hydroxyl groups is 1. The minimum Gasteiger partial charge on any atom is -0.493 e. The summed E-state index contributed by atoms with van der Waals surface area (Å²) in [5, 5.41) is 29.0. The van der Waals surface area contributed by atoms with Crippen LogP contribution in [0.5, 0.6) is 11.6 Å². The molecule has 0 atom stereocenters. The Balaban J connectivity index is 1.72.